The van der Waals surface area contributed by atoms with Gasteiger partial charge in [-0.2, -0.15) is 13.2 Å². The number of halogens is 3. The first kappa shape index (κ1) is 26.6. The molecule has 5 rings (SSSR count). The summed E-state index contributed by atoms with van der Waals surface area (Å²) in [5.41, 5.74) is 0.257. The van der Waals surface area contributed by atoms with Gasteiger partial charge in [0.2, 0.25) is 0 Å². The predicted molar refractivity (Wildman–Crippen MR) is 138 cm³/mol. The third-order valence-corrected chi connectivity index (χ3v) is 7.70. The highest BCUT2D eigenvalue weighted by atomic mass is 32.1. The summed E-state index contributed by atoms with van der Waals surface area (Å²) in [7, 11) is 1.40. The van der Waals surface area contributed by atoms with Gasteiger partial charge < -0.3 is 20.3 Å². The topological polar surface area (TPSA) is 117 Å². The number of ether oxygens (including phenoxy) is 1. The number of nitrogens with zero attached hydrogens (tertiary/aromatic N) is 3. The Morgan fingerprint density at radius 2 is 1.95 bits per heavy atom. The molecular weight excluding hydrogens is 533 g/mol. The van der Waals surface area contributed by atoms with Crippen LogP contribution >= 0.6 is 11.3 Å². The van der Waals surface area contributed by atoms with Gasteiger partial charge in [0.25, 0.3) is 0 Å². The summed E-state index contributed by atoms with van der Waals surface area (Å²) in [5, 5.41) is 24.6. The van der Waals surface area contributed by atoms with Crippen LogP contribution < -0.4 is 10.1 Å². The van der Waals surface area contributed by atoms with E-state index in [9.17, 15) is 28.2 Å². The van der Waals surface area contributed by atoms with Crippen molar-refractivity contribution >= 4 is 28.9 Å². The van der Waals surface area contributed by atoms with Crippen molar-refractivity contribution in [1.82, 2.24) is 15.0 Å². The molecule has 1 aromatic carbocycles. The molecule has 0 saturated heterocycles. The lowest BCUT2D eigenvalue weighted by atomic mass is 9.78. The second-order valence-electron chi connectivity index (χ2n) is 9.19. The molecular formula is C27H23F3N4O4S. The van der Waals surface area contributed by atoms with E-state index >= 15 is 0 Å². The number of pyridine rings is 2. The number of benzene rings is 1. The summed E-state index contributed by atoms with van der Waals surface area (Å²) >= 11 is 1.24. The summed E-state index contributed by atoms with van der Waals surface area (Å²) in [4.78, 5) is 25.3. The van der Waals surface area contributed by atoms with Crippen molar-refractivity contribution in [2.24, 2.45) is 0 Å². The molecule has 0 saturated carbocycles. The van der Waals surface area contributed by atoms with Gasteiger partial charge in [0.05, 0.1) is 23.2 Å². The molecule has 1 aliphatic carbocycles. The molecule has 3 N–H and O–H groups in total. The number of aromatic nitrogens is 3. The van der Waals surface area contributed by atoms with Gasteiger partial charge in [-0.05, 0) is 67.6 Å². The minimum atomic E-state index is -4.50. The summed E-state index contributed by atoms with van der Waals surface area (Å²) < 4.78 is 44.7. The number of carbonyl (C=O) groups is 1. The number of aliphatic hydroxyl groups is 1. The third-order valence-electron chi connectivity index (χ3n) is 6.53. The maximum atomic E-state index is 13.1. The van der Waals surface area contributed by atoms with E-state index in [4.69, 9.17) is 4.74 Å². The molecule has 1 atom stereocenters. The maximum absolute atomic E-state index is 13.1. The number of thiazole rings is 1. The van der Waals surface area contributed by atoms with Crippen LogP contribution in [0.3, 0.4) is 0 Å². The van der Waals surface area contributed by atoms with Gasteiger partial charge in [0.15, 0.2) is 0 Å². The van der Waals surface area contributed by atoms with E-state index in [2.05, 4.69) is 20.3 Å². The Morgan fingerprint density at radius 3 is 2.67 bits per heavy atom. The number of carboxylic acids is 1. The number of carboxylic acid groups (broad SMARTS) is 1. The summed E-state index contributed by atoms with van der Waals surface area (Å²) in [6.07, 6.45) is -0.299. The number of anilines is 2. The van der Waals surface area contributed by atoms with Crippen LogP contribution in [-0.2, 0) is 18.2 Å². The molecule has 1 aliphatic rings. The molecule has 4 aromatic rings. The number of methoxy groups -OCH3 is 1. The molecule has 0 fully saturated rings. The molecule has 0 spiro atoms. The summed E-state index contributed by atoms with van der Waals surface area (Å²) in [6, 6.07) is 8.33. The van der Waals surface area contributed by atoms with Crippen LogP contribution in [0.15, 0.2) is 48.8 Å². The second-order valence-corrected chi connectivity index (χ2v) is 10.2. The van der Waals surface area contributed by atoms with Crippen LogP contribution in [0, 0.1) is 6.92 Å². The normalized spacial score (nSPS) is 17.0. The van der Waals surface area contributed by atoms with E-state index < -0.39 is 23.3 Å². The highest BCUT2D eigenvalue weighted by molar-refractivity contribution is 7.15. The number of aryl methyl sites for hydroxylation is 1. The predicted octanol–water partition coefficient (Wildman–Crippen LogP) is 5.95. The minimum absolute atomic E-state index is 0.00155. The average molecular weight is 557 g/mol. The smallest absolute Gasteiger partial charge is 0.416 e. The summed E-state index contributed by atoms with van der Waals surface area (Å²) in [5.74, 6) is -0.578. The van der Waals surface area contributed by atoms with Crippen LogP contribution in [0.2, 0.25) is 0 Å². The van der Waals surface area contributed by atoms with E-state index in [0.717, 1.165) is 23.9 Å². The van der Waals surface area contributed by atoms with Crippen LogP contribution in [0.1, 0.15) is 50.5 Å². The van der Waals surface area contributed by atoms with Gasteiger partial charge in [-0.25, -0.2) is 19.7 Å². The van der Waals surface area contributed by atoms with Gasteiger partial charge in [-0.3, -0.25) is 0 Å². The monoisotopic (exact) mass is 556 g/mol. The van der Waals surface area contributed by atoms with Crippen molar-refractivity contribution in [3.63, 3.8) is 0 Å². The zero-order chi connectivity index (χ0) is 27.9. The molecule has 0 unspecified atom stereocenters. The standard InChI is InChI=1S/C27H23F3N4O4S/c1-14-10-19(33-22(11-14)34-21-12-15(7-9-31-21)27(28,29)30)20-13-32-25(39-20)26(37)8-3-4-16-18(26)6-5-17(24(35)36)23(16)38-2/h5-7,9-13,37H,3-4,8H2,1-2H3,(H,35,36)(H,31,33,34)/t26-/m1/s1. The van der Waals surface area contributed by atoms with E-state index in [-0.39, 0.29) is 17.1 Å². The first-order valence-electron chi connectivity index (χ1n) is 11.9. The van der Waals surface area contributed by atoms with Crippen molar-refractivity contribution in [2.45, 2.75) is 38.0 Å². The van der Waals surface area contributed by atoms with Gasteiger partial charge in [0.1, 0.15) is 33.6 Å². The van der Waals surface area contributed by atoms with E-state index in [1.165, 1.54) is 24.5 Å². The van der Waals surface area contributed by atoms with Crippen molar-refractivity contribution in [2.75, 3.05) is 12.4 Å². The van der Waals surface area contributed by atoms with Gasteiger partial charge >= 0.3 is 12.1 Å². The summed E-state index contributed by atoms with van der Waals surface area (Å²) in [6.45, 7) is 1.83. The van der Waals surface area contributed by atoms with Crippen molar-refractivity contribution < 1.29 is 32.9 Å². The quantitative estimate of drug-likeness (QED) is 0.267. The van der Waals surface area contributed by atoms with E-state index in [1.807, 2.05) is 13.0 Å². The minimum Gasteiger partial charge on any atom is -0.496 e. The first-order chi connectivity index (χ1) is 18.5. The molecule has 202 valence electrons. The lowest BCUT2D eigenvalue weighted by Gasteiger charge is -2.34. The molecule has 3 aromatic heterocycles. The van der Waals surface area contributed by atoms with E-state index in [0.29, 0.717) is 51.8 Å². The number of hydrogen-bond donors (Lipinski definition) is 3. The molecule has 0 bridgehead atoms. The lowest BCUT2D eigenvalue weighted by Crippen LogP contribution is -2.32. The largest absolute Gasteiger partial charge is 0.496 e. The molecule has 39 heavy (non-hydrogen) atoms. The fraction of sp³-hybridized carbons (Fsp3) is 0.259. The first-order valence-corrected chi connectivity index (χ1v) is 12.7. The van der Waals surface area contributed by atoms with Gasteiger partial charge in [-0.1, -0.05) is 6.07 Å². The van der Waals surface area contributed by atoms with Crippen LogP contribution in [-0.4, -0.2) is 38.2 Å². The zero-order valence-corrected chi connectivity index (χ0v) is 21.7. The Morgan fingerprint density at radius 1 is 1.15 bits per heavy atom. The highest BCUT2D eigenvalue weighted by Gasteiger charge is 2.41. The second kappa shape index (κ2) is 9.93. The SMILES string of the molecule is COc1c(C(=O)O)ccc2c1CCC[C@]2(O)c1ncc(-c2cc(C)cc(Nc3cc(C(F)(F)F)ccn3)n2)s1. The maximum Gasteiger partial charge on any atom is 0.416 e. The molecule has 3 heterocycles. The number of nitrogens with one attached hydrogen (secondary N) is 1. The number of aromatic carboxylic acids is 1. The zero-order valence-electron chi connectivity index (χ0n) is 20.8. The van der Waals surface area contributed by atoms with Gasteiger partial charge in [-0.15, -0.1) is 11.3 Å². The molecule has 8 nitrogen and oxygen atoms in total. The Kier molecular flexibility index (Phi) is 6.77. The number of alkyl halides is 3. The number of rotatable bonds is 6. The molecule has 0 amide bonds. The Labute approximate surface area is 225 Å². The van der Waals surface area contributed by atoms with Crippen molar-refractivity contribution in [3.05, 3.63) is 81.6 Å². The third kappa shape index (κ3) is 5.04. The fourth-order valence-electron chi connectivity index (χ4n) is 4.79. The lowest BCUT2D eigenvalue weighted by molar-refractivity contribution is -0.137. The van der Waals surface area contributed by atoms with Crippen LogP contribution in [0.25, 0.3) is 10.6 Å². The van der Waals surface area contributed by atoms with Crippen molar-refractivity contribution in [3.8, 4) is 16.3 Å². The van der Waals surface area contributed by atoms with E-state index in [1.54, 1.807) is 18.3 Å². The average Bonchev–Trinajstić information content (AvgIpc) is 3.39. The Balaban J connectivity index is 1.49. The highest BCUT2D eigenvalue weighted by Crippen LogP contribution is 2.46. The van der Waals surface area contributed by atoms with Crippen molar-refractivity contribution in [1.29, 1.82) is 0 Å². The Bertz CT molecular complexity index is 1570. The molecule has 0 aliphatic heterocycles. The number of fused-ring (bicyclic) bond motifs is 1. The number of hydrogen-bond acceptors (Lipinski definition) is 8. The Hall–Kier alpha value is -4.03. The molecule has 12 heteroatoms. The van der Waals surface area contributed by atoms with Gasteiger partial charge in [0, 0.05) is 18.0 Å². The fourth-order valence-corrected chi connectivity index (χ4v) is 5.80. The molecule has 0 radical (unpaired) electrons. The van der Waals surface area contributed by atoms with Crippen LogP contribution in [0.4, 0.5) is 24.8 Å². The van der Waals surface area contributed by atoms with Crippen LogP contribution in [0.5, 0.6) is 5.75 Å².